The Morgan fingerprint density at radius 3 is 2.84 bits per heavy atom. The number of aromatic nitrogens is 3. The molecule has 0 atom stereocenters. The predicted molar refractivity (Wildman–Crippen MR) is 98.0 cm³/mol. The fraction of sp³-hybridized carbons (Fsp3) is 0.421. The van der Waals surface area contributed by atoms with E-state index in [1.165, 1.54) is 12.2 Å². The standard InChI is InChI=1S/C19H24N4O2/c1-4-8-17-21-16-13-20-15-10-6-5-9-14(15)19(16)23(17)12-7-11-18(24)22(2)25-3/h5-6,9-10,13H,4,7-8,11-12H2,1-3H3. The molecule has 6 heteroatoms. The summed E-state index contributed by atoms with van der Waals surface area (Å²) in [5.41, 5.74) is 3.00. The van der Waals surface area contributed by atoms with E-state index in [1.807, 2.05) is 24.4 Å². The van der Waals surface area contributed by atoms with Crippen molar-refractivity contribution in [2.24, 2.45) is 0 Å². The van der Waals surface area contributed by atoms with Crippen molar-refractivity contribution < 1.29 is 9.63 Å². The van der Waals surface area contributed by atoms with Crippen molar-refractivity contribution in [2.45, 2.75) is 39.2 Å². The number of pyridine rings is 1. The Balaban J connectivity index is 1.95. The van der Waals surface area contributed by atoms with Crippen LogP contribution in [0.3, 0.4) is 0 Å². The second kappa shape index (κ2) is 7.61. The minimum Gasteiger partial charge on any atom is -0.327 e. The normalized spacial score (nSPS) is 11.3. The minimum absolute atomic E-state index is 0.0181. The van der Waals surface area contributed by atoms with Crippen molar-refractivity contribution in [3.05, 3.63) is 36.3 Å². The number of amides is 1. The molecule has 0 bridgehead atoms. The highest BCUT2D eigenvalue weighted by Crippen LogP contribution is 2.25. The highest BCUT2D eigenvalue weighted by atomic mass is 16.7. The summed E-state index contributed by atoms with van der Waals surface area (Å²) >= 11 is 0. The zero-order valence-electron chi connectivity index (χ0n) is 15.0. The van der Waals surface area contributed by atoms with Crippen LogP contribution in [-0.2, 0) is 22.6 Å². The van der Waals surface area contributed by atoms with Crippen LogP contribution in [-0.4, -0.2) is 39.7 Å². The first-order valence-corrected chi connectivity index (χ1v) is 8.69. The van der Waals surface area contributed by atoms with Gasteiger partial charge in [-0.15, -0.1) is 0 Å². The third kappa shape index (κ3) is 3.49. The van der Waals surface area contributed by atoms with Gasteiger partial charge in [0.25, 0.3) is 0 Å². The smallest absolute Gasteiger partial charge is 0.245 e. The number of benzene rings is 1. The second-order valence-electron chi connectivity index (χ2n) is 6.12. The molecule has 2 aromatic heterocycles. The molecule has 6 nitrogen and oxygen atoms in total. The van der Waals surface area contributed by atoms with Crippen molar-refractivity contribution in [1.29, 1.82) is 0 Å². The van der Waals surface area contributed by atoms with Crippen LogP contribution >= 0.6 is 0 Å². The van der Waals surface area contributed by atoms with Gasteiger partial charge in [-0.1, -0.05) is 25.1 Å². The SMILES string of the molecule is CCCc1nc2cnc3ccccc3c2n1CCCC(=O)N(C)OC. The average Bonchev–Trinajstić information content (AvgIpc) is 2.99. The quantitative estimate of drug-likeness (QED) is 0.619. The van der Waals surface area contributed by atoms with E-state index < -0.39 is 0 Å². The van der Waals surface area contributed by atoms with Crippen molar-refractivity contribution in [1.82, 2.24) is 19.6 Å². The fourth-order valence-electron chi connectivity index (χ4n) is 3.11. The number of nitrogens with zero attached hydrogens (tertiary/aromatic N) is 4. The van der Waals surface area contributed by atoms with Gasteiger partial charge in [-0.05, 0) is 18.9 Å². The van der Waals surface area contributed by atoms with Crippen molar-refractivity contribution in [2.75, 3.05) is 14.2 Å². The molecular weight excluding hydrogens is 316 g/mol. The largest absolute Gasteiger partial charge is 0.327 e. The molecule has 0 radical (unpaired) electrons. The molecule has 2 heterocycles. The molecule has 25 heavy (non-hydrogen) atoms. The van der Waals surface area contributed by atoms with Gasteiger partial charge in [-0.3, -0.25) is 14.6 Å². The highest BCUT2D eigenvalue weighted by molar-refractivity contribution is 6.02. The Morgan fingerprint density at radius 2 is 2.08 bits per heavy atom. The summed E-state index contributed by atoms with van der Waals surface area (Å²) in [6.45, 7) is 2.90. The van der Waals surface area contributed by atoms with Gasteiger partial charge >= 0.3 is 0 Å². The number of carbonyl (C=O) groups excluding carboxylic acids is 1. The highest BCUT2D eigenvalue weighted by Gasteiger charge is 2.15. The first kappa shape index (κ1) is 17.4. The van der Waals surface area contributed by atoms with Crippen LogP contribution in [0.25, 0.3) is 21.9 Å². The van der Waals surface area contributed by atoms with Crippen LogP contribution in [0.1, 0.15) is 32.0 Å². The van der Waals surface area contributed by atoms with E-state index in [1.54, 1.807) is 7.05 Å². The van der Waals surface area contributed by atoms with E-state index in [4.69, 9.17) is 9.82 Å². The third-order valence-corrected chi connectivity index (χ3v) is 4.43. The summed E-state index contributed by atoms with van der Waals surface area (Å²) in [4.78, 5) is 26.2. The first-order valence-electron chi connectivity index (χ1n) is 8.69. The number of rotatable bonds is 7. The zero-order valence-corrected chi connectivity index (χ0v) is 15.0. The second-order valence-corrected chi connectivity index (χ2v) is 6.12. The molecule has 3 rings (SSSR count). The first-order chi connectivity index (χ1) is 12.2. The number of hydroxylamine groups is 2. The van der Waals surface area contributed by atoms with E-state index in [9.17, 15) is 4.79 Å². The van der Waals surface area contributed by atoms with Crippen LogP contribution in [0.4, 0.5) is 0 Å². The average molecular weight is 340 g/mol. The molecule has 0 saturated carbocycles. The molecule has 0 aliphatic heterocycles. The lowest BCUT2D eigenvalue weighted by Crippen LogP contribution is -2.25. The summed E-state index contributed by atoms with van der Waals surface area (Å²) in [7, 11) is 3.14. The van der Waals surface area contributed by atoms with Gasteiger partial charge in [0.2, 0.25) is 5.91 Å². The monoisotopic (exact) mass is 340 g/mol. The maximum atomic E-state index is 12.0. The molecule has 0 N–H and O–H groups in total. The number of hydrogen-bond acceptors (Lipinski definition) is 4. The Labute approximate surface area is 147 Å². The molecular formula is C19H24N4O2. The van der Waals surface area contributed by atoms with Gasteiger partial charge in [0.1, 0.15) is 11.3 Å². The van der Waals surface area contributed by atoms with E-state index in [0.29, 0.717) is 6.42 Å². The summed E-state index contributed by atoms with van der Waals surface area (Å²) in [6.07, 6.45) is 4.97. The van der Waals surface area contributed by atoms with Gasteiger partial charge < -0.3 is 4.57 Å². The number of fused-ring (bicyclic) bond motifs is 3. The summed E-state index contributed by atoms with van der Waals surface area (Å²) < 4.78 is 2.25. The summed E-state index contributed by atoms with van der Waals surface area (Å²) in [6, 6.07) is 8.12. The zero-order chi connectivity index (χ0) is 17.8. The number of para-hydroxylation sites is 1. The maximum Gasteiger partial charge on any atom is 0.245 e. The van der Waals surface area contributed by atoms with Crippen LogP contribution in [0.2, 0.25) is 0 Å². The fourth-order valence-corrected chi connectivity index (χ4v) is 3.11. The number of aryl methyl sites for hydroxylation is 2. The Kier molecular flexibility index (Phi) is 5.28. The molecule has 0 spiro atoms. The van der Waals surface area contributed by atoms with Gasteiger partial charge in [-0.25, -0.2) is 10.0 Å². The maximum absolute atomic E-state index is 12.0. The lowest BCUT2D eigenvalue weighted by Gasteiger charge is -2.14. The van der Waals surface area contributed by atoms with Crippen molar-refractivity contribution >= 4 is 27.8 Å². The molecule has 1 aromatic carbocycles. The minimum atomic E-state index is -0.0181. The summed E-state index contributed by atoms with van der Waals surface area (Å²) in [5.74, 6) is 1.04. The van der Waals surface area contributed by atoms with Gasteiger partial charge in [0.15, 0.2) is 0 Å². The topological polar surface area (TPSA) is 60.2 Å². The predicted octanol–water partition coefficient (Wildman–Crippen LogP) is 3.34. The molecule has 0 unspecified atom stereocenters. The van der Waals surface area contributed by atoms with Crippen molar-refractivity contribution in [3.63, 3.8) is 0 Å². The molecule has 0 aliphatic carbocycles. The van der Waals surface area contributed by atoms with Gasteiger partial charge in [0.05, 0.1) is 24.3 Å². The number of imidazole rings is 1. The Morgan fingerprint density at radius 1 is 1.28 bits per heavy atom. The van der Waals surface area contributed by atoms with E-state index >= 15 is 0 Å². The molecule has 0 saturated heterocycles. The lowest BCUT2D eigenvalue weighted by atomic mass is 10.2. The Hall–Kier alpha value is -2.47. The lowest BCUT2D eigenvalue weighted by molar-refractivity contribution is -0.168. The van der Waals surface area contributed by atoms with Crippen molar-refractivity contribution in [3.8, 4) is 0 Å². The van der Waals surface area contributed by atoms with E-state index in [2.05, 4.69) is 22.5 Å². The van der Waals surface area contributed by atoms with Gasteiger partial charge in [-0.2, -0.15) is 0 Å². The number of carbonyl (C=O) groups is 1. The van der Waals surface area contributed by atoms with Crippen LogP contribution in [0, 0.1) is 0 Å². The summed E-state index contributed by atoms with van der Waals surface area (Å²) in [5, 5.41) is 2.38. The molecule has 132 valence electrons. The van der Waals surface area contributed by atoms with E-state index in [0.717, 1.165) is 53.6 Å². The third-order valence-electron chi connectivity index (χ3n) is 4.43. The molecule has 3 aromatic rings. The molecule has 0 fully saturated rings. The van der Waals surface area contributed by atoms with Crippen LogP contribution < -0.4 is 0 Å². The van der Waals surface area contributed by atoms with Crippen LogP contribution in [0.15, 0.2) is 30.5 Å². The molecule has 0 aliphatic rings. The Bertz CT molecular complexity index is 888. The number of hydrogen-bond donors (Lipinski definition) is 0. The molecule has 1 amide bonds. The van der Waals surface area contributed by atoms with Gasteiger partial charge in [0, 0.05) is 31.8 Å². The van der Waals surface area contributed by atoms with Crippen LogP contribution in [0.5, 0.6) is 0 Å². The van der Waals surface area contributed by atoms with E-state index in [-0.39, 0.29) is 5.91 Å².